The Balaban J connectivity index is 1.61. The van der Waals surface area contributed by atoms with Crippen molar-refractivity contribution in [3.63, 3.8) is 0 Å². The third-order valence-corrected chi connectivity index (χ3v) is 8.85. The van der Waals surface area contributed by atoms with Crippen LogP contribution in [0, 0.1) is 0 Å². The van der Waals surface area contributed by atoms with Gasteiger partial charge in [-0.15, -0.1) is 0 Å². The molecular weight excluding hydrogens is 646 g/mol. The molecule has 12 heteroatoms. The van der Waals surface area contributed by atoms with E-state index < -0.39 is 36.6 Å². The van der Waals surface area contributed by atoms with Crippen LogP contribution in [0.25, 0.3) is 0 Å². The van der Waals surface area contributed by atoms with Gasteiger partial charge in [0.15, 0.2) is 29.6 Å². The van der Waals surface area contributed by atoms with E-state index in [4.69, 9.17) is 38.3 Å². The van der Waals surface area contributed by atoms with E-state index in [-0.39, 0.29) is 5.91 Å². The minimum atomic E-state index is -1.11. The number of hydrogen-bond acceptors (Lipinski definition) is 10. The number of carboxylic acids is 1. The predicted octanol–water partition coefficient (Wildman–Crippen LogP) is 5.99. The zero-order valence-electron chi connectivity index (χ0n) is 29.6. The Bertz CT molecular complexity index is 1600. The van der Waals surface area contributed by atoms with Crippen molar-refractivity contribution in [3.8, 4) is 34.5 Å². The Labute approximate surface area is 293 Å². The van der Waals surface area contributed by atoms with Gasteiger partial charge in [-0.25, -0.2) is 9.59 Å². The van der Waals surface area contributed by atoms with E-state index in [0.717, 1.165) is 18.4 Å². The number of aliphatic carboxylic acids is 1. The highest BCUT2D eigenvalue weighted by atomic mass is 16.5. The van der Waals surface area contributed by atoms with Gasteiger partial charge in [0.25, 0.3) is 0 Å². The fourth-order valence-electron chi connectivity index (χ4n) is 6.29. The molecule has 0 aromatic heterocycles. The molecule has 0 bridgehead atoms. The molecule has 1 amide bonds. The van der Waals surface area contributed by atoms with Crippen LogP contribution >= 0.6 is 0 Å². The van der Waals surface area contributed by atoms with E-state index in [0.29, 0.717) is 77.9 Å². The molecule has 0 radical (unpaired) electrons. The summed E-state index contributed by atoms with van der Waals surface area (Å²) in [5.41, 5.74) is 2.27. The smallest absolute Gasteiger partial charge is 0.341 e. The van der Waals surface area contributed by atoms with Crippen LogP contribution in [0.15, 0.2) is 54.6 Å². The monoisotopic (exact) mass is 693 g/mol. The van der Waals surface area contributed by atoms with Gasteiger partial charge in [-0.2, -0.15) is 0 Å². The van der Waals surface area contributed by atoms with Crippen molar-refractivity contribution in [2.75, 3.05) is 48.7 Å². The van der Waals surface area contributed by atoms with E-state index >= 15 is 0 Å². The third-order valence-electron chi connectivity index (χ3n) is 8.85. The Kier molecular flexibility index (Phi) is 13.6. The van der Waals surface area contributed by atoms with Crippen LogP contribution in [0.3, 0.4) is 0 Å². The number of carbonyl (C=O) groups excluding carboxylic acids is 2. The van der Waals surface area contributed by atoms with Crippen LogP contribution in [-0.4, -0.2) is 82.6 Å². The van der Waals surface area contributed by atoms with Crippen molar-refractivity contribution in [1.82, 2.24) is 4.90 Å². The van der Waals surface area contributed by atoms with Gasteiger partial charge in [0.2, 0.25) is 11.7 Å². The number of rotatable bonds is 17. The Morgan fingerprint density at radius 1 is 0.820 bits per heavy atom. The van der Waals surface area contributed by atoms with Crippen LogP contribution in [-0.2, 0) is 25.5 Å². The molecule has 12 nitrogen and oxygen atoms in total. The van der Waals surface area contributed by atoms with Crippen molar-refractivity contribution in [3.05, 3.63) is 71.3 Å². The molecule has 1 fully saturated rings. The van der Waals surface area contributed by atoms with Gasteiger partial charge in [0.1, 0.15) is 17.9 Å². The lowest BCUT2D eigenvalue weighted by atomic mass is 9.91. The quantitative estimate of drug-likeness (QED) is 0.167. The van der Waals surface area contributed by atoms with Crippen LogP contribution in [0.1, 0.15) is 67.7 Å². The number of likely N-dealkylation sites (tertiary alicyclic amines) is 1. The summed E-state index contributed by atoms with van der Waals surface area (Å²) in [4.78, 5) is 41.2. The Morgan fingerprint density at radius 3 is 2.14 bits per heavy atom. The van der Waals surface area contributed by atoms with Crippen LogP contribution < -0.4 is 28.4 Å². The van der Waals surface area contributed by atoms with E-state index in [9.17, 15) is 14.4 Å². The maximum atomic E-state index is 14.3. The molecule has 270 valence electrons. The fourth-order valence-corrected chi connectivity index (χ4v) is 6.29. The van der Waals surface area contributed by atoms with Gasteiger partial charge in [-0.05, 0) is 91.6 Å². The molecule has 3 aromatic rings. The molecule has 50 heavy (non-hydrogen) atoms. The number of hydrogen-bond donors (Lipinski definition) is 1. The van der Waals surface area contributed by atoms with Crippen molar-refractivity contribution in [2.24, 2.45) is 0 Å². The molecule has 0 spiro atoms. The summed E-state index contributed by atoms with van der Waals surface area (Å²) in [6.45, 7) is 1.82. The van der Waals surface area contributed by atoms with Crippen LogP contribution in [0.5, 0.6) is 34.5 Å². The minimum Gasteiger partial charge on any atom is -0.493 e. The van der Waals surface area contributed by atoms with E-state index in [2.05, 4.69) is 0 Å². The molecule has 0 unspecified atom stereocenters. The van der Waals surface area contributed by atoms with Crippen molar-refractivity contribution in [1.29, 1.82) is 0 Å². The summed E-state index contributed by atoms with van der Waals surface area (Å²) in [5.74, 6) is 0.454. The largest absolute Gasteiger partial charge is 0.493 e. The number of esters is 1. The average molecular weight is 694 g/mol. The van der Waals surface area contributed by atoms with Gasteiger partial charge in [0, 0.05) is 6.54 Å². The first-order valence-corrected chi connectivity index (χ1v) is 16.6. The average Bonchev–Trinajstić information content (AvgIpc) is 3.15. The standard InChI is InChI=1S/C38H47NO11/c1-7-28(26-21-33(46-4)36(48-6)34(22-26)47-5)37(42)39-18-9-8-13-29(39)38(43)50-30(25-11-10-12-27(20-25)49-23-35(40)41)16-14-24-15-17-31(44-2)32(19-24)45-3/h10-12,15,17,19-22,28-30H,7-9,13-14,16,18,23H2,1-6H3,(H,40,41)/t28-,29+,30-/m0/s1. The van der Waals surface area contributed by atoms with Gasteiger partial charge < -0.3 is 43.2 Å². The lowest BCUT2D eigenvalue weighted by Crippen LogP contribution is -2.50. The Morgan fingerprint density at radius 2 is 1.52 bits per heavy atom. The molecule has 1 aliphatic heterocycles. The number of piperidine rings is 1. The first-order valence-electron chi connectivity index (χ1n) is 16.6. The van der Waals surface area contributed by atoms with Crippen LogP contribution in [0.4, 0.5) is 0 Å². The third kappa shape index (κ3) is 9.10. The first-order chi connectivity index (χ1) is 24.2. The lowest BCUT2D eigenvalue weighted by Gasteiger charge is -2.37. The summed E-state index contributed by atoms with van der Waals surface area (Å²) in [6, 6.07) is 15.2. The number of carbonyl (C=O) groups is 3. The molecule has 1 saturated heterocycles. The zero-order valence-corrected chi connectivity index (χ0v) is 29.6. The molecular formula is C38H47NO11. The summed E-state index contributed by atoms with van der Waals surface area (Å²) in [7, 11) is 7.70. The molecule has 3 aromatic carbocycles. The highest BCUT2D eigenvalue weighted by Crippen LogP contribution is 2.41. The summed E-state index contributed by atoms with van der Waals surface area (Å²) in [6.07, 6.45) is 2.65. The van der Waals surface area contributed by atoms with Gasteiger partial charge in [0.05, 0.1) is 41.5 Å². The maximum Gasteiger partial charge on any atom is 0.341 e. The van der Waals surface area contributed by atoms with Crippen molar-refractivity contribution < 1.29 is 52.6 Å². The maximum absolute atomic E-state index is 14.3. The summed E-state index contributed by atoms with van der Waals surface area (Å²) < 4.78 is 39.1. The number of carboxylic acid groups (broad SMARTS) is 1. The summed E-state index contributed by atoms with van der Waals surface area (Å²) in [5, 5.41) is 9.12. The van der Waals surface area contributed by atoms with Gasteiger partial charge in [-0.1, -0.05) is 25.1 Å². The topological polar surface area (TPSA) is 139 Å². The second-order valence-electron chi connectivity index (χ2n) is 11.9. The lowest BCUT2D eigenvalue weighted by molar-refractivity contribution is -0.162. The number of ether oxygens (including phenoxy) is 7. The zero-order chi connectivity index (χ0) is 36.2. The van der Waals surface area contributed by atoms with Gasteiger partial charge >= 0.3 is 11.9 Å². The highest BCUT2D eigenvalue weighted by Gasteiger charge is 2.38. The van der Waals surface area contributed by atoms with E-state index in [1.165, 1.54) is 21.3 Å². The molecule has 1 N–H and O–H groups in total. The number of amides is 1. The van der Waals surface area contributed by atoms with E-state index in [1.807, 2.05) is 31.2 Å². The molecule has 3 atom stereocenters. The van der Waals surface area contributed by atoms with Crippen molar-refractivity contribution in [2.45, 2.75) is 63.5 Å². The van der Waals surface area contributed by atoms with Crippen molar-refractivity contribution >= 4 is 17.8 Å². The van der Waals surface area contributed by atoms with Gasteiger partial charge in [-0.3, -0.25) is 4.79 Å². The first kappa shape index (κ1) is 37.7. The fraction of sp³-hybridized carbons (Fsp3) is 0.447. The number of aryl methyl sites for hydroxylation is 1. The minimum absolute atomic E-state index is 0.186. The highest BCUT2D eigenvalue weighted by molar-refractivity contribution is 5.89. The van der Waals surface area contributed by atoms with E-state index in [1.54, 1.807) is 49.5 Å². The molecule has 1 aliphatic rings. The molecule has 4 rings (SSSR count). The molecule has 1 heterocycles. The predicted molar refractivity (Wildman–Crippen MR) is 185 cm³/mol. The number of methoxy groups -OCH3 is 5. The van der Waals surface area contributed by atoms with Crippen LogP contribution in [0.2, 0.25) is 0 Å². The molecule has 0 aliphatic carbocycles. The normalized spacial score (nSPS) is 15.3. The number of nitrogens with zero attached hydrogens (tertiary/aromatic N) is 1. The second-order valence-corrected chi connectivity index (χ2v) is 11.9. The number of benzene rings is 3. The SMILES string of the molecule is CC[C@H](C(=O)N1CCCC[C@@H]1C(=O)O[C@@H](CCc1ccc(OC)c(OC)c1)c1cccc(OCC(=O)O)c1)c1cc(OC)c(OC)c(OC)c1. The Hall–Kier alpha value is -5.13. The summed E-state index contributed by atoms with van der Waals surface area (Å²) >= 11 is 0. The second kappa shape index (κ2) is 18.0. The molecule has 0 saturated carbocycles.